The number of alkyl halides is 3. The average Bonchev–Trinajstić information content (AvgIpc) is 3.55. The highest BCUT2D eigenvalue weighted by atomic mass is 19.4. The molecule has 1 aromatic carbocycles. The number of hydrogen-bond donors (Lipinski definition) is 3. The van der Waals surface area contributed by atoms with Crippen LogP contribution in [0.5, 0.6) is 0 Å². The molecule has 0 radical (unpaired) electrons. The number of aliphatic hydroxyl groups is 1. The monoisotopic (exact) mass is 502 g/mol. The van der Waals surface area contributed by atoms with E-state index in [1.165, 1.54) is 21.7 Å². The molecule has 5 rings (SSSR count). The molecular weight excluding hydrogens is 477 g/mol. The topological polar surface area (TPSA) is 126 Å². The SMILES string of the molecule is CC(C1CC1)N1Cc2cc(-c3ccn4nc(N)c(C(=O)NCCCO)c4n3)cc(C(F)(F)F)c2C1=O. The van der Waals surface area contributed by atoms with Crippen molar-refractivity contribution < 1.29 is 27.9 Å². The molecule has 1 unspecified atom stereocenters. The predicted molar refractivity (Wildman–Crippen MR) is 124 cm³/mol. The summed E-state index contributed by atoms with van der Waals surface area (Å²) in [4.78, 5) is 31.6. The Morgan fingerprint density at radius 1 is 1.33 bits per heavy atom. The first-order chi connectivity index (χ1) is 17.1. The van der Waals surface area contributed by atoms with E-state index >= 15 is 0 Å². The summed E-state index contributed by atoms with van der Waals surface area (Å²) in [5.74, 6) is -0.922. The second-order valence-corrected chi connectivity index (χ2v) is 9.24. The molecule has 12 heteroatoms. The summed E-state index contributed by atoms with van der Waals surface area (Å²) in [7, 11) is 0. The van der Waals surface area contributed by atoms with Crippen LogP contribution in [0.25, 0.3) is 16.9 Å². The standard InChI is InChI=1S/C24H25F3N6O3/c1-12(13-3-4-13)32-11-15-9-14(10-16(24(25,26)27)18(15)23(32)36)17-5-7-33-21(30-17)19(20(28)31-33)22(35)29-6-2-8-34/h5,7,9-10,12-13,34H,2-4,6,8,11H2,1H3,(H2,28,31)(H,29,35). The van der Waals surface area contributed by atoms with Gasteiger partial charge in [-0.3, -0.25) is 9.59 Å². The maximum Gasteiger partial charge on any atom is 0.417 e. The number of amides is 2. The van der Waals surface area contributed by atoms with Crippen LogP contribution in [0.4, 0.5) is 19.0 Å². The van der Waals surface area contributed by atoms with Crippen LogP contribution in [0, 0.1) is 5.92 Å². The molecule has 1 atom stereocenters. The van der Waals surface area contributed by atoms with Crippen molar-refractivity contribution in [2.24, 2.45) is 5.92 Å². The van der Waals surface area contributed by atoms with Gasteiger partial charge in [0.05, 0.1) is 16.8 Å². The van der Waals surface area contributed by atoms with Gasteiger partial charge >= 0.3 is 6.18 Å². The van der Waals surface area contributed by atoms with Crippen LogP contribution in [-0.4, -0.2) is 55.6 Å². The number of carbonyl (C=O) groups is 2. The van der Waals surface area contributed by atoms with Crippen molar-refractivity contribution in [2.45, 2.75) is 44.9 Å². The first-order valence-electron chi connectivity index (χ1n) is 11.7. The summed E-state index contributed by atoms with van der Waals surface area (Å²) in [6.07, 6.45) is -1.00. The first kappa shape index (κ1) is 24.0. The number of aromatic nitrogens is 3. The lowest BCUT2D eigenvalue weighted by molar-refractivity contribution is -0.137. The Bertz CT molecular complexity index is 1370. The van der Waals surface area contributed by atoms with Crippen LogP contribution in [0.2, 0.25) is 0 Å². The van der Waals surface area contributed by atoms with Crippen LogP contribution in [0.1, 0.15) is 58.0 Å². The number of nitrogens with one attached hydrogen (secondary N) is 1. The molecule has 9 nitrogen and oxygen atoms in total. The van der Waals surface area contributed by atoms with Gasteiger partial charge in [-0.25, -0.2) is 9.50 Å². The van der Waals surface area contributed by atoms with E-state index in [0.717, 1.165) is 18.9 Å². The minimum absolute atomic E-state index is 0.00777. The zero-order valence-corrected chi connectivity index (χ0v) is 19.5. The van der Waals surface area contributed by atoms with Crippen molar-refractivity contribution in [3.8, 4) is 11.3 Å². The van der Waals surface area contributed by atoms with Crippen molar-refractivity contribution >= 4 is 23.3 Å². The van der Waals surface area contributed by atoms with Gasteiger partial charge in [-0.1, -0.05) is 0 Å². The maximum absolute atomic E-state index is 14.1. The molecule has 0 saturated heterocycles. The normalized spacial score (nSPS) is 16.5. The average molecular weight is 502 g/mol. The lowest BCUT2D eigenvalue weighted by Crippen LogP contribution is -2.35. The second kappa shape index (κ2) is 8.77. The number of carbonyl (C=O) groups excluding carboxylic acids is 2. The third-order valence-corrected chi connectivity index (χ3v) is 6.79. The Kier molecular flexibility index (Phi) is 5.86. The molecule has 4 N–H and O–H groups in total. The van der Waals surface area contributed by atoms with Crippen LogP contribution < -0.4 is 11.1 Å². The van der Waals surface area contributed by atoms with E-state index < -0.39 is 23.6 Å². The van der Waals surface area contributed by atoms with Crippen molar-refractivity contribution in [3.05, 3.63) is 46.6 Å². The van der Waals surface area contributed by atoms with E-state index in [0.29, 0.717) is 17.9 Å². The molecule has 3 heterocycles. The number of hydrogen-bond acceptors (Lipinski definition) is 6. The van der Waals surface area contributed by atoms with Crippen LogP contribution in [0.3, 0.4) is 0 Å². The van der Waals surface area contributed by atoms with Gasteiger partial charge in [-0.15, -0.1) is 5.10 Å². The fourth-order valence-electron chi connectivity index (χ4n) is 4.71. The molecule has 3 aromatic rings. The second-order valence-electron chi connectivity index (χ2n) is 9.24. The minimum atomic E-state index is -4.74. The molecule has 0 bridgehead atoms. The van der Waals surface area contributed by atoms with Crippen molar-refractivity contribution in [3.63, 3.8) is 0 Å². The zero-order valence-electron chi connectivity index (χ0n) is 19.5. The minimum Gasteiger partial charge on any atom is -0.396 e. The van der Waals surface area contributed by atoms with Crippen LogP contribution in [0.15, 0.2) is 24.4 Å². The van der Waals surface area contributed by atoms with E-state index in [-0.39, 0.29) is 59.6 Å². The number of nitrogens with two attached hydrogens (primary N) is 1. The Hall–Kier alpha value is -3.67. The Balaban J connectivity index is 1.57. The molecule has 1 saturated carbocycles. The third kappa shape index (κ3) is 4.15. The van der Waals surface area contributed by atoms with Gasteiger partial charge in [-0.05, 0) is 55.9 Å². The smallest absolute Gasteiger partial charge is 0.396 e. The highest BCUT2D eigenvalue weighted by Gasteiger charge is 2.44. The van der Waals surface area contributed by atoms with Gasteiger partial charge in [0.15, 0.2) is 11.5 Å². The Morgan fingerprint density at radius 3 is 2.75 bits per heavy atom. The van der Waals surface area contributed by atoms with E-state index in [4.69, 9.17) is 10.8 Å². The largest absolute Gasteiger partial charge is 0.417 e. The van der Waals surface area contributed by atoms with Gasteiger partial charge in [0.1, 0.15) is 5.56 Å². The number of nitrogens with zero attached hydrogens (tertiary/aromatic N) is 4. The number of rotatable bonds is 7. The van der Waals surface area contributed by atoms with Crippen molar-refractivity contribution in [1.82, 2.24) is 24.8 Å². The molecule has 0 spiro atoms. The van der Waals surface area contributed by atoms with Gasteiger partial charge in [0.2, 0.25) is 0 Å². The number of nitrogen functional groups attached to an aromatic ring is 1. The van der Waals surface area contributed by atoms with Crippen molar-refractivity contribution in [2.75, 3.05) is 18.9 Å². The van der Waals surface area contributed by atoms with Gasteiger partial charge < -0.3 is 21.1 Å². The van der Waals surface area contributed by atoms with E-state index in [2.05, 4.69) is 15.4 Å². The molecule has 1 aliphatic heterocycles. The summed E-state index contributed by atoms with van der Waals surface area (Å²) < 4.78 is 43.6. The number of benzene rings is 1. The van der Waals surface area contributed by atoms with Crippen LogP contribution >= 0.6 is 0 Å². The highest BCUT2D eigenvalue weighted by molar-refractivity contribution is 6.04. The molecule has 1 fully saturated rings. The molecule has 36 heavy (non-hydrogen) atoms. The van der Waals surface area contributed by atoms with E-state index in [1.807, 2.05) is 6.92 Å². The number of aliphatic hydroxyl groups excluding tert-OH is 1. The third-order valence-electron chi connectivity index (χ3n) is 6.79. The highest BCUT2D eigenvalue weighted by Crippen LogP contribution is 2.43. The quantitative estimate of drug-likeness (QED) is 0.427. The molecule has 1 aliphatic carbocycles. The van der Waals surface area contributed by atoms with Gasteiger partial charge in [0, 0.05) is 37.5 Å². The number of halogens is 3. The fraction of sp³-hybridized carbons (Fsp3) is 0.417. The summed E-state index contributed by atoms with van der Waals surface area (Å²) in [5, 5.41) is 15.6. The molecular formula is C24H25F3N6O3. The first-order valence-corrected chi connectivity index (χ1v) is 11.7. The zero-order chi connectivity index (χ0) is 25.8. The molecule has 190 valence electrons. The van der Waals surface area contributed by atoms with Gasteiger partial charge in [-0.2, -0.15) is 13.2 Å². The summed E-state index contributed by atoms with van der Waals surface area (Å²) in [6, 6.07) is 3.84. The lowest BCUT2D eigenvalue weighted by atomic mass is 9.97. The summed E-state index contributed by atoms with van der Waals surface area (Å²) in [5.41, 5.74) is 5.34. The maximum atomic E-state index is 14.1. The lowest BCUT2D eigenvalue weighted by Gasteiger charge is -2.24. The van der Waals surface area contributed by atoms with Crippen LogP contribution in [-0.2, 0) is 12.7 Å². The molecule has 2 amide bonds. The van der Waals surface area contributed by atoms with E-state index in [1.54, 1.807) is 6.07 Å². The summed E-state index contributed by atoms with van der Waals surface area (Å²) in [6.45, 7) is 2.08. The Morgan fingerprint density at radius 2 is 2.08 bits per heavy atom. The van der Waals surface area contributed by atoms with Gasteiger partial charge in [0.25, 0.3) is 11.8 Å². The van der Waals surface area contributed by atoms with Crippen molar-refractivity contribution in [1.29, 1.82) is 0 Å². The predicted octanol–water partition coefficient (Wildman–Crippen LogP) is 2.86. The number of fused-ring (bicyclic) bond motifs is 2. The molecule has 2 aromatic heterocycles. The number of anilines is 1. The fourth-order valence-corrected chi connectivity index (χ4v) is 4.71. The summed E-state index contributed by atoms with van der Waals surface area (Å²) >= 11 is 0. The molecule has 2 aliphatic rings. The van der Waals surface area contributed by atoms with E-state index in [9.17, 15) is 22.8 Å². The Labute approximate surface area is 204 Å².